The number of nitrogens with zero attached hydrogens (tertiary/aromatic N) is 5. The number of non-ortho nitro benzene ring substituents is 1. The van der Waals surface area contributed by atoms with Crippen molar-refractivity contribution in [3.63, 3.8) is 0 Å². The van der Waals surface area contributed by atoms with Crippen LogP contribution in [0.3, 0.4) is 0 Å². The molecule has 9 nitrogen and oxygen atoms in total. The predicted molar refractivity (Wildman–Crippen MR) is 92.5 cm³/mol. The third kappa shape index (κ3) is 3.35. The second kappa shape index (κ2) is 6.67. The standard InChI is InChI=1S/C15H19N7O2/c1-20-4-6-21(7-5-20)14-3-2-11(22(23)24)8-13(14)19-15-12(16)9-17-10-18-15/h2-3,8-10H,4-7,16H2,1H3,(H,17,18,19). The van der Waals surface area contributed by atoms with Gasteiger partial charge in [0.2, 0.25) is 0 Å². The zero-order valence-corrected chi connectivity index (χ0v) is 13.3. The highest BCUT2D eigenvalue weighted by molar-refractivity contribution is 5.79. The molecule has 0 unspecified atom stereocenters. The molecule has 1 fully saturated rings. The van der Waals surface area contributed by atoms with Crippen LogP contribution in [-0.2, 0) is 0 Å². The Hall–Kier alpha value is -2.94. The molecular formula is C15H19N7O2. The molecule has 0 bridgehead atoms. The van der Waals surface area contributed by atoms with E-state index in [0.717, 1.165) is 31.9 Å². The van der Waals surface area contributed by atoms with Crippen LogP contribution in [0.25, 0.3) is 0 Å². The molecule has 0 atom stereocenters. The van der Waals surface area contributed by atoms with Crippen molar-refractivity contribution in [2.24, 2.45) is 0 Å². The molecule has 2 heterocycles. The Kier molecular flexibility index (Phi) is 4.43. The van der Waals surface area contributed by atoms with E-state index in [1.165, 1.54) is 24.7 Å². The molecule has 1 aromatic heterocycles. The van der Waals surface area contributed by atoms with E-state index in [9.17, 15) is 10.1 Å². The number of likely N-dealkylation sites (N-methyl/N-ethyl adjacent to an activating group) is 1. The Bertz CT molecular complexity index is 744. The third-order valence-corrected chi connectivity index (χ3v) is 4.03. The fourth-order valence-corrected chi connectivity index (χ4v) is 2.63. The lowest BCUT2D eigenvalue weighted by atomic mass is 10.2. The van der Waals surface area contributed by atoms with Crippen LogP contribution in [0.1, 0.15) is 0 Å². The first-order valence-electron chi connectivity index (χ1n) is 7.59. The maximum absolute atomic E-state index is 11.1. The average molecular weight is 329 g/mol. The lowest BCUT2D eigenvalue weighted by Crippen LogP contribution is -2.44. The summed E-state index contributed by atoms with van der Waals surface area (Å²) in [5, 5.41) is 14.2. The number of nitro groups is 1. The lowest BCUT2D eigenvalue weighted by Gasteiger charge is -2.35. The van der Waals surface area contributed by atoms with E-state index in [0.29, 0.717) is 17.2 Å². The van der Waals surface area contributed by atoms with Crippen molar-refractivity contribution in [3.8, 4) is 0 Å². The van der Waals surface area contributed by atoms with Gasteiger partial charge in [-0.3, -0.25) is 10.1 Å². The zero-order chi connectivity index (χ0) is 17.1. The number of benzene rings is 1. The maximum atomic E-state index is 11.1. The van der Waals surface area contributed by atoms with Crippen molar-refractivity contribution in [2.45, 2.75) is 0 Å². The molecule has 126 valence electrons. The number of hydrogen-bond donors (Lipinski definition) is 2. The average Bonchev–Trinajstić information content (AvgIpc) is 2.58. The quantitative estimate of drug-likeness (QED) is 0.640. The predicted octanol–water partition coefficient (Wildman–Crippen LogP) is 1.46. The summed E-state index contributed by atoms with van der Waals surface area (Å²) in [5.41, 5.74) is 7.78. The molecule has 1 aliphatic rings. The van der Waals surface area contributed by atoms with E-state index in [4.69, 9.17) is 5.73 Å². The van der Waals surface area contributed by atoms with Gasteiger partial charge in [-0.05, 0) is 13.1 Å². The van der Waals surface area contributed by atoms with Crippen LogP contribution in [0.5, 0.6) is 0 Å². The highest BCUT2D eigenvalue weighted by Crippen LogP contribution is 2.33. The summed E-state index contributed by atoms with van der Waals surface area (Å²) in [7, 11) is 2.08. The van der Waals surface area contributed by atoms with Gasteiger partial charge in [0.25, 0.3) is 5.69 Å². The van der Waals surface area contributed by atoms with Crippen molar-refractivity contribution in [3.05, 3.63) is 40.8 Å². The highest BCUT2D eigenvalue weighted by Gasteiger charge is 2.20. The molecule has 0 aliphatic carbocycles. The number of nitrogen functional groups attached to an aromatic ring is 1. The molecule has 3 N–H and O–H groups in total. The largest absolute Gasteiger partial charge is 0.394 e. The summed E-state index contributed by atoms with van der Waals surface area (Å²) in [6.45, 7) is 3.57. The molecule has 1 aliphatic heterocycles. The van der Waals surface area contributed by atoms with Gasteiger partial charge in [-0.25, -0.2) is 9.97 Å². The highest BCUT2D eigenvalue weighted by atomic mass is 16.6. The third-order valence-electron chi connectivity index (χ3n) is 4.03. The Labute approximate surface area is 139 Å². The van der Waals surface area contributed by atoms with Crippen LogP contribution < -0.4 is 16.0 Å². The van der Waals surface area contributed by atoms with Gasteiger partial charge < -0.3 is 20.9 Å². The molecule has 9 heteroatoms. The van der Waals surface area contributed by atoms with E-state index >= 15 is 0 Å². The van der Waals surface area contributed by atoms with Crippen LogP contribution in [0.4, 0.5) is 28.6 Å². The molecule has 0 radical (unpaired) electrons. The zero-order valence-electron chi connectivity index (χ0n) is 13.3. The molecule has 0 amide bonds. The van der Waals surface area contributed by atoms with Gasteiger partial charge in [0.05, 0.1) is 28.2 Å². The van der Waals surface area contributed by atoms with Gasteiger partial charge in [-0.1, -0.05) is 0 Å². The Morgan fingerprint density at radius 3 is 2.71 bits per heavy atom. The molecule has 2 aromatic rings. The molecule has 1 saturated heterocycles. The van der Waals surface area contributed by atoms with Gasteiger partial charge in [-0.2, -0.15) is 0 Å². The van der Waals surface area contributed by atoms with Crippen LogP contribution in [0, 0.1) is 10.1 Å². The van der Waals surface area contributed by atoms with Crippen LogP contribution in [0.2, 0.25) is 0 Å². The minimum Gasteiger partial charge on any atom is -0.394 e. The number of piperazine rings is 1. The fraction of sp³-hybridized carbons (Fsp3) is 0.333. The van der Waals surface area contributed by atoms with Crippen molar-refractivity contribution < 1.29 is 4.92 Å². The van der Waals surface area contributed by atoms with Crippen molar-refractivity contribution in [1.82, 2.24) is 14.9 Å². The Morgan fingerprint density at radius 2 is 2.04 bits per heavy atom. The van der Waals surface area contributed by atoms with Crippen LogP contribution in [-0.4, -0.2) is 53.0 Å². The number of rotatable bonds is 4. The summed E-state index contributed by atoms with van der Waals surface area (Å²) in [6, 6.07) is 4.79. The smallest absolute Gasteiger partial charge is 0.271 e. The van der Waals surface area contributed by atoms with E-state index in [1.54, 1.807) is 6.07 Å². The van der Waals surface area contributed by atoms with E-state index in [-0.39, 0.29) is 5.69 Å². The molecular weight excluding hydrogens is 310 g/mol. The number of anilines is 4. The summed E-state index contributed by atoms with van der Waals surface area (Å²) in [5.74, 6) is 0.431. The minimum absolute atomic E-state index is 0.0167. The summed E-state index contributed by atoms with van der Waals surface area (Å²) >= 11 is 0. The SMILES string of the molecule is CN1CCN(c2ccc([N+](=O)[O-])cc2Nc2ncncc2N)CC1. The molecule has 1 aromatic carbocycles. The van der Waals surface area contributed by atoms with Gasteiger partial charge in [0, 0.05) is 38.3 Å². The van der Waals surface area contributed by atoms with Crippen LogP contribution in [0.15, 0.2) is 30.7 Å². The lowest BCUT2D eigenvalue weighted by molar-refractivity contribution is -0.384. The summed E-state index contributed by atoms with van der Waals surface area (Å²) < 4.78 is 0. The van der Waals surface area contributed by atoms with E-state index < -0.39 is 4.92 Å². The van der Waals surface area contributed by atoms with E-state index in [2.05, 4.69) is 32.1 Å². The monoisotopic (exact) mass is 329 g/mol. The Morgan fingerprint density at radius 1 is 1.29 bits per heavy atom. The summed E-state index contributed by atoms with van der Waals surface area (Å²) in [4.78, 5) is 23.1. The van der Waals surface area contributed by atoms with Crippen molar-refractivity contribution >= 4 is 28.6 Å². The Balaban J connectivity index is 1.96. The number of nitro benzene ring substituents is 1. The molecule has 24 heavy (non-hydrogen) atoms. The van der Waals surface area contributed by atoms with Gasteiger partial charge in [-0.15, -0.1) is 0 Å². The normalized spacial score (nSPS) is 15.3. The second-order valence-electron chi connectivity index (χ2n) is 5.70. The van der Waals surface area contributed by atoms with Gasteiger partial charge in [0.1, 0.15) is 6.33 Å². The van der Waals surface area contributed by atoms with Crippen LogP contribution >= 0.6 is 0 Å². The first-order chi connectivity index (χ1) is 11.5. The number of nitrogens with one attached hydrogen (secondary N) is 1. The van der Waals surface area contributed by atoms with Crippen molar-refractivity contribution in [1.29, 1.82) is 0 Å². The first-order valence-corrected chi connectivity index (χ1v) is 7.59. The number of nitrogens with two attached hydrogens (primary N) is 1. The second-order valence-corrected chi connectivity index (χ2v) is 5.70. The van der Waals surface area contributed by atoms with Gasteiger partial charge >= 0.3 is 0 Å². The summed E-state index contributed by atoms with van der Waals surface area (Å²) in [6.07, 6.45) is 2.87. The number of aromatic nitrogens is 2. The molecule has 0 spiro atoms. The topological polar surface area (TPSA) is 113 Å². The molecule has 0 saturated carbocycles. The number of hydrogen-bond acceptors (Lipinski definition) is 8. The first kappa shape index (κ1) is 15.9. The van der Waals surface area contributed by atoms with Crippen molar-refractivity contribution in [2.75, 3.05) is 49.2 Å². The fourth-order valence-electron chi connectivity index (χ4n) is 2.63. The minimum atomic E-state index is -0.414. The maximum Gasteiger partial charge on any atom is 0.271 e. The molecule has 3 rings (SSSR count). The van der Waals surface area contributed by atoms with E-state index in [1.807, 2.05) is 0 Å². The van der Waals surface area contributed by atoms with Gasteiger partial charge in [0.15, 0.2) is 5.82 Å².